The second-order valence-electron chi connectivity index (χ2n) is 6.40. The van der Waals surface area contributed by atoms with Crippen molar-refractivity contribution in [2.24, 2.45) is 0 Å². The van der Waals surface area contributed by atoms with Gasteiger partial charge in [-0.15, -0.1) is 0 Å². The Morgan fingerprint density at radius 3 is 1.70 bits per heavy atom. The molecule has 2 amide bonds. The quantitative estimate of drug-likeness (QED) is 0.663. The Morgan fingerprint density at radius 2 is 1.09 bits per heavy atom. The van der Waals surface area contributed by atoms with Crippen LogP contribution < -0.4 is 10.6 Å². The molecule has 0 radical (unpaired) electrons. The van der Waals surface area contributed by atoms with Crippen molar-refractivity contribution in [3.8, 4) is 0 Å². The van der Waals surface area contributed by atoms with E-state index in [0.717, 1.165) is 51.5 Å². The van der Waals surface area contributed by atoms with Gasteiger partial charge in [-0.1, -0.05) is 51.4 Å². The molecule has 5 heteroatoms. The van der Waals surface area contributed by atoms with Crippen LogP contribution in [0.1, 0.15) is 83.5 Å². The van der Waals surface area contributed by atoms with Crippen molar-refractivity contribution in [1.82, 2.24) is 10.6 Å². The SMILES string of the molecule is O=C1NCCCCCCCCCCOC(=O)CCCCCCN1. The van der Waals surface area contributed by atoms with E-state index in [0.29, 0.717) is 19.6 Å². The number of ether oxygens (including phenoxy) is 1. The van der Waals surface area contributed by atoms with E-state index >= 15 is 0 Å². The second kappa shape index (κ2) is 14.3. The summed E-state index contributed by atoms with van der Waals surface area (Å²) in [6.45, 7) is 2.05. The first-order valence-corrected chi connectivity index (χ1v) is 9.46. The topological polar surface area (TPSA) is 67.4 Å². The van der Waals surface area contributed by atoms with E-state index < -0.39 is 0 Å². The molecule has 1 rings (SSSR count). The van der Waals surface area contributed by atoms with Crippen LogP contribution in [-0.2, 0) is 9.53 Å². The highest BCUT2D eigenvalue weighted by Crippen LogP contribution is 2.09. The minimum atomic E-state index is -0.0617. The van der Waals surface area contributed by atoms with E-state index in [1.165, 1.54) is 32.1 Å². The first-order chi connectivity index (χ1) is 11.3. The first kappa shape index (κ1) is 19.8. The van der Waals surface area contributed by atoms with Gasteiger partial charge in [0, 0.05) is 19.5 Å². The van der Waals surface area contributed by atoms with Crippen LogP contribution in [0, 0.1) is 0 Å². The summed E-state index contributed by atoms with van der Waals surface area (Å²) in [6, 6.07) is -0.0560. The summed E-state index contributed by atoms with van der Waals surface area (Å²) in [5.41, 5.74) is 0. The van der Waals surface area contributed by atoms with E-state index in [2.05, 4.69) is 10.6 Å². The standard InChI is InChI=1S/C18H34N2O3/c21-17-13-9-5-7-11-15-20-18(22)19-14-10-6-3-1-2-4-8-12-16-23-17/h1-16H2,(H2,19,20,22). The summed E-state index contributed by atoms with van der Waals surface area (Å²) in [4.78, 5) is 23.1. The number of carbonyl (C=O) groups is 2. The van der Waals surface area contributed by atoms with Crippen molar-refractivity contribution in [1.29, 1.82) is 0 Å². The molecule has 1 aliphatic rings. The van der Waals surface area contributed by atoms with Crippen LogP contribution in [0.5, 0.6) is 0 Å². The molecule has 1 fully saturated rings. The second-order valence-corrected chi connectivity index (χ2v) is 6.40. The predicted octanol–water partition coefficient (Wildman–Crippen LogP) is 3.91. The molecule has 5 nitrogen and oxygen atoms in total. The highest BCUT2D eigenvalue weighted by molar-refractivity contribution is 5.73. The lowest BCUT2D eigenvalue weighted by Crippen LogP contribution is -2.36. The Bertz CT molecular complexity index is 291. The molecular weight excluding hydrogens is 292 g/mol. The van der Waals surface area contributed by atoms with Crippen molar-refractivity contribution < 1.29 is 14.3 Å². The Hall–Kier alpha value is -1.26. The van der Waals surface area contributed by atoms with Gasteiger partial charge in [-0.3, -0.25) is 4.79 Å². The maximum atomic E-state index is 11.6. The maximum absolute atomic E-state index is 11.6. The molecule has 23 heavy (non-hydrogen) atoms. The van der Waals surface area contributed by atoms with E-state index in [4.69, 9.17) is 4.74 Å². The number of amides is 2. The van der Waals surface area contributed by atoms with Crippen LogP contribution in [0.15, 0.2) is 0 Å². The van der Waals surface area contributed by atoms with Crippen LogP contribution in [0.2, 0.25) is 0 Å². The normalized spacial score (nSPS) is 22.1. The number of nitrogens with one attached hydrogen (secondary N) is 2. The minimum Gasteiger partial charge on any atom is -0.466 e. The molecule has 1 heterocycles. The van der Waals surface area contributed by atoms with Crippen molar-refractivity contribution in [2.75, 3.05) is 19.7 Å². The molecule has 0 saturated carbocycles. The molecule has 0 aromatic heterocycles. The molecule has 2 N–H and O–H groups in total. The molecule has 1 saturated heterocycles. The molecule has 0 bridgehead atoms. The molecular formula is C18H34N2O3. The highest BCUT2D eigenvalue weighted by atomic mass is 16.5. The molecule has 134 valence electrons. The van der Waals surface area contributed by atoms with Gasteiger partial charge in [-0.05, 0) is 25.7 Å². The lowest BCUT2D eigenvalue weighted by molar-refractivity contribution is -0.143. The minimum absolute atomic E-state index is 0.0560. The third-order valence-electron chi connectivity index (χ3n) is 4.21. The van der Waals surface area contributed by atoms with E-state index in [-0.39, 0.29) is 12.0 Å². The van der Waals surface area contributed by atoms with Crippen LogP contribution in [0.25, 0.3) is 0 Å². The van der Waals surface area contributed by atoms with E-state index in [1.54, 1.807) is 0 Å². The van der Waals surface area contributed by atoms with Gasteiger partial charge in [0.25, 0.3) is 0 Å². The van der Waals surface area contributed by atoms with Crippen molar-refractivity contribution >= 4 is 12.0 Å². The highest BCUT2D eigenvalue weighted by Gasteiger charge is 2.03. The predicted molar refractivity (Wildman–Crippen MR) is 92.4 cm³/mol. The van der Waals surface area contributed by atoms with Crippen molar-refractivity contribution in [3.05, 3.63) is 0 Å². The zero-order valence-corrected chi connectivity index (χ0v) is 14.5. The molecule has 0 spiro atoms. The summed E-state index contributed by atoms with van der Waals surface area (Å²) in [5.74, 6) is -0.0617. The summed E-state index contributed by atoms with van der Waals surface area (Å²) in [5, 5.41) is 5.79. The maximum Gasteiger partial charge on any atom is 0.314 e. The zero-order valence-electron chi connectivity index (χ0n) is 14.5. The van der Waals surface area contributed by atoms with E-state index in [9.17, 15) is 9.59 Å². The first-order valence-electron chi connectivity index (χ1n) is 9.46. The fourth-order valence-electron chi connectivity index (χ4n) is 2.76. The monoisotopic (exact) mass is 326 g/mol. The Morgan fingerprint density at radius 1 is 0.609 bits per heavy atom. The lowest BCUT2D eigenvalue weighted by Gasteiger charge is -2.07. The molecule has 0 aromatic rings. The number of hydrogen-bond donors (Lipinski definition) is 2. The summed E-state index contributed by atoms with van der Waals surface area (Å²) in [7, 11) is 0. The number of hydrogen-bond acceptors (Lipinski definition) is 3. The Labute approximate surface area is 140 Å². The van der Waals surface area contributed by atoms with Crippen LogP contribution in [-0.4, -0.2) is 31.7 Å². The van der Waals surface area contributed by atoms with E-state index in [1.807, 2.05) is 0 Å². The number of esters is 1. The van der Waals surface area contributed by atoms with Gasteiger partial charge < -0.3 is 15.4 Å². The summed E-state index contributed by atoms with van der Waals surface area (Å²) >= 11 is 0. The van der Waals surface area contributed by atoms with Crippen LogP contribution in [0.3, 0.4) is 0 Å². The largest absolute Gasteiger partial charge is 0.466 e. The lowest BCUT2D eigenvalue weighted by atomic mass is 10.1. The summed E-state index contributed by atoms with van der Waals surface area (Å²) in [6.07, 6.45) is 13.7. The third kappa shape index (κ3) is 12.9. The van der Waals surface area contributed by atoms with Crippen LogP contribution in [0.4, 0.5) is 4.79 Å². The molecule has 1 aliphatic heterocycles. The number of cyclic esters (lactones) is 1. The number of urea groups is 1. The number of carbonyl (C=O) groups excluding carboxylic acids is 2. The zero-order chi connectivity index (χ0) is 16.6. The summed E-state index contributed by atoms with van der Waals surface area (Å²) < 4.78 is 5.25. The average molecular weight is 326 g/mol. The molecule has 0 atom stereocenters. The molecule has 0 aliphatic carbocycles. The van der Waals surface area contributed by atoms with Crippen molar-refractivity contribution in [2.45, 2.75) is 83.5 Å². The van der Waals surface area contributed by atoms with Gasteiger partial charge in [0.1, 0.15) is 0 Å². The fourth-order valence-corrected chi connectivity index (χ4v) is 2.76. The van der Waals surface area contributed by atoms with Gasteiger partial charge >= 0.3 is 12.0 Å². The van der Waals surface area contributed by atoms with Gasteiger partial charge in [0.2, 0.25) is 0 Å². The third-order valence-corrected chi connectivity index (χ3v) is 4.21. The van der Waals surface area contributed by atoms with Crippen LogP contribution >= 0.6 is 0 Å². The average Bonchev–Trinajstić information content (AvgIpc) is 2.54. The Balaban J connectivity index is 2.17. The van der Waals surface area contributed by atoms with Gasteiger partial charge in [-0.2, -0.15) is 0 Å². The Kier molecular flexibility index (Phi) is 12.3. The van der Waals surface area contributed by atoms with Gasteiger partial charge in [0.15, 0.2) is 0 Å². The van der Waals surface area contributed by atoms with Gasteiger partial charge in [0.05, 0.1) is 6.61 Å². The molecule has 0 unspecified atom stereocenters. The van der Waals surface area contributed by atoms with Crippen molar-refractivity contribution in [3.63, 3.8) is 0 Å². The molecule has 0 aromatic carbocycles. The fraction of sp³-hybridized carbons (Fsp3) is 0.889. The van der Waals surface area contributed by atoms with Gasteiger partial charge in [-0.25, -0.2) is 4.79 Å². The smallest absolute Gasteiger partial charge is 0.314 e. The number of rotatable bonds is 0.